The number of thioether (sulfide) groups is 1. The van der Waals surface area contributed by atoms with E-state index in [0.717, 1.165) is 0 Å². The van der Waals surface area contributed by atoms with Gasteiger partial charge in [0.25, 0.3) is 5.56 Å². The molecule has 1 amide bonds. The van der Waals surface area contributed by atoms with E-state index in [1.165, 1.54) is 16.3 Å². The van der Waals surface area contributed by atoms with Crippen molar-refractivity contribution >= 4 is 40.0 Å². The molecule has 2 aromatic heterocycles. The Kier molecular flexibility index (Phi) is 4.55. The molecule has 0 unspecified atom stereocenters. The van der Waals surface area contributed by atoms with Gasteiger partial charge in [0.1, 0.15) is 0 Å². The summed E-state index contributed by atoms with van der Waals surface area (Å²) in [5, 5.41) is 21.0. The van der Waals surface area contributed by atoms with Gasteiger partial charge in [-0.2, -0.15) is 5.26 Å². The van der Waals surface area contributed by atoms with Crippen molar-refractivity contribution in [3.63, 3.8) is 0 Å². The third-order valence-corrected chi connectivity index (χ3v) is 5.13. The number of amides is 1. The van der Waals surface area contributed by atoms with Crippen molar-refractivity contribution in [3.05, 3.63) is 64.4 Å². The van der Waals surface area contributed by atoms with Crippen LogP contribution in [0.5, 0.6) is 0 Å². The van der Waals surface area contributed by atoms with E-state index in [4.69, 9.17) is 5.26 Å². The van der Waals surface area contributed by atoms with Crippen molar-refractivity contribution in [1.29, 1.82) is 5.26 Å². The molecule has 0 saturated heterocycles. The largest absolute Gasteiger partial charge is 0.325 e. The number of benzene rings is 2. The van der Waals surface area contributed by atoms with Gasteiger partial charge in [0, 0.05) is 12.7 Å². The summed E-state index contributed by atoms with van der Waals surface area (Å²) in [6.45, 7) is 0. The van der Waals surface area contributed by atoms with Crippen molar-refractivity contribution in [2.24, 2.45) is 7.05 Å². The first-order valence-electron chi connectivity index (χ1n) is 8.34. The predicted molar refractivity (Wildman–Crippen MR) is 106 cm³/mol. The zero-order chi connectivity index (χ0) is 19.7. The molecule has 0 atom stereocenters. The smallest absolute Gasteiger partial charge is 0.262 e. The molecule has 28 heavy (non-hydrogen) atoms. The number of para-hydroxylation sites is 1. The summed E-state index contributed by atoms with van der Waals surface area (Å²) >= 11 is 1.22. The highest BCUT2D eigenvalue weighted by Crippen LogP contribution is 2.21. The molecule has 138 valence electrons. The summed E-state index contributed by atoms with van der Waals surface area (Å²) in [6.07, 6.45) is 0. The Morgan fingerprint density at radius 2 is 2.04 bits per heavy atom. The highest BCUT2D eigenvalue weighted by atomic mass is 32.2. The molecule has 4 aromatic rings. The first-order chi connectivity index (χ1) is 13.6. The second kappa shape index (κ2) is 7.17. The minimum absolute atomic E-state index is 0.106. The Balaban J connectivity index is 1.61. The van der Waals surface area contributed by atoms with Gasteiger partial charge in [-0.1, -0.05) is 30.0 Å². The van der Waals surface area contributed by atoms with E-state index in [9.17, 15) is 9.59 Å². The molecule has 0 aliphatic carbocycles. The summed E-state index contributed by atoms with van der Waals surface area (Å²) in [7, 11) is 1.64. The van der Waals surface area contributed by atoms with E-state index < -0.39 is 0 Å². The van der Waals surface area contributed by atoms with Crippen LogP contribution in [0.3, 0.4) is 0 Å². The van der Waals surface area contributed by atoms with E-state index in [1.54, 1.807) is 47.8 Å². The maximum Gasteiger partial charge on any atom is 0.262 e. The molecule has 0 saturated carbocycles. The van der Waals surface area contributed by atoms with Gasteiger partial charge in [-0.05, 0) is 30.3 Å². The van der Waals surface area contributed by atoms with Crippen LogP contribution in [0.4, 0.5) is 5.69 Å². The lowest BCUT2D eigenvalue weighted by Gasteiger charge is -2.08. The highest BCUT2D eigenvalue weighted by Gasteiger charge is 2.16. The van der Waals surface area contributed by atoms with Crippen LogP contribution < -0.4 is 10.9 Å². The first kappa shape index (κ1) is 17.8. The number of hydrogen-bond acceptors (Lipinski definition) is 6. The van der Waals surface area contributed by atoms with E-state index in [-0.39, 0.29) is 17.2 Å². The predicted octanol–water partition coefficient (Wildman–Crippen LogP) is 2.18. The fraction of sp³-hybridized carbons (Fsp3) is 0.105. The molecule has 4 rings (SSSR count). The second-order valence-corrected chi connectivity index (χ2v) is 6.97. The van der Waals surface area contributed by atoms with Gasteiger partial charge in [0.2, 0.25) is 11.7 Å². The minimum Gasteiger partial charge on any atom is -0.325 e. The van der Waals surface area contributed by atoms with E-state index in [0.29, 0.717) is 33.1 Å². The lowest BCUT2D eigenvalue weighted by molar-refractivity contribution is -0.113. The van der Waals surface area contributed by atoms with Crippen molar-refractivity contribution in [2.45, 2.75) is 5.16 Å². The van der Waals surface area contributed by atoms with Gasteiger partial charge in [-0.25, -0.2) is 0 Å². The fourth-order valence-electron chi connectivity index (χ4n) is 2.90. The molecule has 0 spiro atoms. The Morgan fingerprint density at radius 1 is 1.21 bits per heavy atom. The van der Waals surface area contributed by atoms with Crippen LogP contribution >= 0.6 is 11.8 Å². The standard InChI is InChI=1S/C19H14N6O2S/c1-24-17(27)14-7-2-3-8-15(14)25-18(24)22-23-19(25)28-11-16(26)21-13-6-4-5-12(9-13)10-20/h2-9H,11H2,1H3,(H,21,26). The Morgan fingerprint density at radius 3 is 2.86 bits per heavy atom. The maximum absolute atomic E-state index is 12.5. The molecule has 2 heterocycles. The Labute approximate surface area is 163 Å². The summed E-state index contributed by atoms with van der Waals surface area (Å²) in [6, 6.07) is 16.0. The molecular formula is C19H14N6O2S. The number of nitrogens with one attached hydrogen (secondary N) is 1. The Hall–Kier alpha value is -3.64. The number of aryl methyl sites for hydroxylation is 1. The van der Waals surface area contributed by atoms with Gasteiger partial charge < -0.3 is 5.32 Å². The normalized spacial score (nSPS) is 10.9. The van der Waals surface area contributed by atoms with Crippen LogP contribution in [0.1, 0.15) is 5.56 Å². The average Bonchev–Trinajstić information content (AvgIpc) is 3.15. The highest BCUT2D eigenvalue weighted by molar-refractivity contribution is 7.99. The van der Waals surface area contributed by atoms with Gasteiger partial charge in [0.05, 0.1) is 28.3 Å². The third-order valence-electron chi connectivity index (χ3n) is 4.20. The Bertz CT molecular complexity index is 1320. The van der Waals surface area contributed by atoms with Crippen LogP contribution in [-0.2, 0) is 11.8 Å². The molecule has 0 aliphatic rings. The average molecular weight is 390 g/mol. The van der Waals surface area contributed by atoms with Crippen molar-refractivity contribution in [1.82, 2.24) is 19.2 Å². The van der Waals surface area contributed by atoms with Crippen LogP contribution in [0.25, 0.3) is 16.7 Å². The van der Waals surface area contributed by atoms with Gasteiger partial charge >= 0.3 is 0 Å². The number of carbonyl (C=O) groups is 1. The number of hydrogen-bond donors (Lipinski definition) is 1. The zero-order valence-corrected chi connectivity index (χ0v) is 15.6. The topological polar surface area (TPSA) is 105 Å². The first-order valence-corrected chi connectivity index (χ1v) is 9.32. The molecule has 2 aromatic carbocycles. The molecule has 8 nitrogen and oxygen atoms in total. The lowest BCUT2D eigenvalue weighted by Crippen LogP contribution is -2.20. The second-order valence-electron chi connectivity index (χ2n) is 6.03. The molecule has 9 heteroatoms. The molecule has 0 bridgehead atoms. The summed E-state index contributed by atoms with van der Waals surface area (Å²) < 4.78 is 3.21. The van der Waals surface area contributed by atoms with Crippen LogP contribution in [0.15, 0.2) is 58.5 Å². The molecule has 0 aliphatic heterocycles. The lowest BCUT2D eigenvalue weighted by atomic mass is 10.2. The summed E-state index contributed by atoms with van der Waals surface area (Å²) in [5.74, 6) is 0.286. The van der Waals surface area contributed by atoms with Crippen molar-refractivity contribution in [3.8, 4) is 6.07 Å². The maximum atomic E-state index is 12.5. The number of carbonyl (C=O) groups excluding carboxylic acids is 1. The molecule has 0 radical (unpaired) electrons. The van der Waals surface area contributed by atoms with Gasteiger partial charge in [0.15, 0.2) is 5.16 Å². The molecular weight excluding hydrogens is 376 g/mol. The van der Waals surface area contributed by atoms with E-state index in [1.807, 2.05) is 18.2 Å². The monoisotopic (exact) mass is 390 g/mol. The molecule has 1 N–H and O–H groups in total. The number of nitriles is 1. The van der Waals surface area contributed by atoms with Gasteiger partial charge in [-0.15, -0.1) is 10.2 Å². The zero-order valence-electron chi connectivity index (χ0n) is 14.8. The van der Waals surface area contributed by atoms with Crippen LogP contribution in [0.2, 0.25) is 0 Å². The number of anilines is 1. The molecule has 0 fully saturated rings. The number of rotatable bonds is 4. The number of aromatic nitrogens is 4. The van der Waals surface area contributed by atoms with Crippen molar-refractivity contribution < 1.29 is 4.79 Å². The van der Waals surface area contributed by atoms with Crippen LogP contribution in [-0.4, -0.2) is 30.8 Å². The minimum atomic E-state index is -0.231. The van der Waals surface area contributed by atoms with E-state index in [2.05, 4.69) is 15.5 Å². The van der Waals surface area contributed by atoms with E-state index >= 15 is 0 Å². The summed E-state index contributed by atoms with van der Waals surface area (Å²) in [5.41, 5.74) is 1.57. The number of fused-ring (bicyclic) bond motifs is 3. The quantitative estimate of drug-likeness (QED) is 0.536. The van der Waals surface area contributed by atoms with Crippen molar-refractivity contribution in [2.75, 3.05) is 11.1 Å². The third kappa shape index (κ3) is 3.10. The number of nitrogens with zero attached hydrogens (tertiary/aromatic N) is 5. The van der Waals surface area contributed by atoms with Crippen LogP contribution in [0, 0.1) is 11.3 Å². The van der Waals surface area contributed by atoms with Gasteiger partial charge in [-0.3, -0.25) is 18.6 Å². The fourth-order valence-corrected chi connectivity index (χ4v) is 3.64. The summed E-state index contributed by atoms with van der Waals surface area (Å²) in [4.78, 5) is 24.8. The SMILES string of the molecule is Cn1c(=O)c2ccccc2n2c(SCC(=O)Nc3cccc(C#N)c3)nnc12.